The molecule has 7 heteroatoms. The van der Waals surface area contributed by atoms with Crippen LogP contribution in [0.4, 0.5) is 5.69 Å². The molecule has 1 aromatic carbocycles. The first-order valence-electron chi connectivity index (χ1n) is 8.47. The van der Waals surface area contributed by atoms with E-state index in [9.17, 15) is 13.2 Å². The lowest BCUT2D eigenvalue weighted by Gasteiger charge is -2.30. The summed E-state index contributed by atoms with van der Waals surface area (Å²) in [5.41, 5.74) is 7.44. The third kappa shape index (κ3) is 2.96. The molecule has 0 radical (unpaired) electrons. The Morgan fingerprint density at radius 2 is 1.96 bits per heavy atom. The summed E-state index contributed by atoms with van der Waals surface area (Å²) in [6.45, 7) is 5.19. The van der Waals surface area contributed by atoms with E-state index in [0.29, 0.717) is 36.9 Å². The molecule has 1 unspecified atom stereocenters. The molecule has 2 heterocycles. The highest BCUT2D eigenvalue weighted by Gasteiger charge is 2.33. The maximum absolute atomic E-state index is 12.9. The monoisotopic (exact) mass is 351 g/mol. The molecule has 0 aliphatic carbocycles. The molecule has 1 saturated heterocycles. The molecular formula is C17H25N3O3S. The van der Waals surface area contributed by atoms with E-state index in [1.807, 2.05) is 6.92 Å². The zero-order chi connectivity index (χ0) is 17.5. The fourth-order valence-corrected chi connectivity index (χ4v) is 5.30. The van der Waals surface area contributed by atoms with Gasteiger partial charge in [-0.15, -0.1) is 0 Å². The number of rotatable bonds is 3. The van der Waals surface area contributed by atoms with Gasteiger partial charge >= 0.3 is 0 Å². The van der Waals surface area contributed by atoms with Gasteiger partial charge in [0.25, 0.3) is 0 Å². The Kier molecular flexibility index (Phi) is 4.68. The van der Waals surface area contributed by atoms with Gasteiger partial charge in [0.1, 0.15) is 0 Å². The number of anilines is 1. The van der Waals surface area contributed by atoms with Gasteiger partial charge in [0, 0.05) is 31.7 Å². The Labute approximate surface area is 143 Å². The molecule has 0 aromatic heterocycles. The van der Waals surface area contributed by atoms with Gasteiger partial charge in [-0.1, -0.05) is 0 Å². The normalized spacial score (nSPS) is 22.6. The second kappa shape index (κ2) is 6.46. The van der Waals surface area contributed by atoms with Gasteiger partial charge in [0.15, 0.2) is 0 Å². The molecule has 2 N–H and O–H groups in total. The second-order valence-electron chi connectivity index (χ2n) is 6.82. The molecule has 2 aliphatic rings. The first kappa shape index (κ1) is 17.4. The lowest BCUT2D eigenvalue weighted by molar-refractivity contribution is -0.116. The average molecular weight is 351 g/mol. The molecule has 1 amide bonds. The number of hydrogen-bond acceptors (Lipinski definition) is 4. The fraction of sp³-hybridized carbons (Fsp3) is 0.588. The number of nitrogens with two attached hydrogens (primary N) is 1. The van der Waals surface area contributed by atoms with Crippen molar-refractivity contribution in [3.05, 3.63) is 23.8 Å². The second-order valence-corrected chi connectivity index (χ2v) is 8.75. The van der Waals surface area contributed by atoms with Crippen LogP contribution in [0.2, 0.25) is 0 Å². The van der Waals surface area contributed by atoms with E-state index in [4.69, 9.17) is 5.73 Å². The average Bonchev–Trinajstić information content (AvgIpc) is 2.89. The van der Waals surface area contributed by atoms with Crippen LogP contribution >= 0.6 is 0 Å². The molecule has 6 nitrogen and oxygen atoms in total. The highest BCUT2D eigenvalue weighted by molar-refractivity contribution is 7.89. The summed E-state index contributed by atoms with van der Waals surface area (Å²) in [7, 11) is -3.48. The third-order valence-corrected chi connectivity index (χ3v) is 7.05. The minimum atomic E-state index is -3.48. The SMILES string of the molecule is CC(=O)N1c2ccc(S(=O)(=O)N3CCC(CN)CC3)cc2CC1C. The smallest absolute Gasteiger partial charge is 0.243 e. The molecule has 0 saturated carbocycles. The minimum absolute atomic E-state index is 0.0132. The Hall–Kier alpha value is -1.44. The summed E-state index contributed by atoms with van der Waals surface area (Å²) in [4.78, 5) is 13.9. The molecular weight excluding hydrogens is 326 g/mol. The number of carbonyl (C=O) groups excluding carboxylic acids is 1. The van der Waals surface area contributed by atoms with Gasteiger partial charge in [-0.2, -0.15) is 4.31 Å². The quantitative estimate of drug-likeness (QED) is 0.891. The molecule has 1 aromatic rings. The number of carbonyl (C=O) groups is 1. The molecule has 24 heavy (non-hydrogen) atoms. The fourth-order valence-electron chi connectivity index (χ4n) is 3.78. The van der Waals surface area contributed by atoms with Crippen LogP contribution in [0.25, 0.3) is 0 Å². The minimum Gasteiger partial charge on any atom is -0.330 e. The maximum Gasteiger partial charge on any atom is 0.243 e. The molecule has 3 rings (SSSR count). The van der Waals surface area contributed by atoms with E-state index in [1.54, 1.807) is 27.4 Å². The summed E-state index contributed by atoms with van der Waals surface area (Å²) in [6, 6.07) is 5.19. The largest absolute Gasteiger partial charge is 0.330 e. The number of benzene rings is 1. The van der Waals surface area contributed by atoms with Crippen molar-refractivity contribution in [3.8, 4) is 0 Å². The van der Waals surface area contributed by atoms with Gasteiger partial charge in [-0.3, -0.25) is 4.79 Å². The lowest BCUT2D eigenvalue weighted by Crippen LogP contribution is -2.40. The summed E-state index contributed by atoms with van der Waals surface area (Å²) in [5, 5.41) is 0. The predicted octanol–water partition coefficient (Wildman–Crippen LogP) is 1.34. The van der Waals surface area contributed by atoms with Crippen molar-refractivity contribution in [2.45, 2.75) is 44.0 Å². The lowest BCUT2D eigenvalue weighted by atomic mass is 9.99. The van der Waals surface area contributed by atoms with Crippen LogP contribution in [0.1, 0.15) is 32.3 Å². The Morgan fingerprint density at radius 3 is 2.54 bits per heavy atom. The van der Waals surface area contributed by atoms with Gasteiger partial charge in [0.2, 0.25) is 15.9 Å². The molecule has 132 valence electrons. The standard InChI is InChI=1S/C17H25N3O3S/c1-12-9-15-10-16(3-4-17(15)20(12)13(2)21)24(22,23)19-7-5-14(11-18)6-8-19/h3-4,10,12,14H,5-9,11,18H2,1-2H3. The number of nitrogens with zero attached hydrogens (tertiary/aromatic N) is 2. The van der Waals surface area contributed by atoms with E-state index >= 15 is 0 Å². The van der Waals surface area contributed by atoms with Crippen molar-refractivity contribution >= 4 is 21.6 Å². The van der Waals surface area contributed by atoms with Crippen LogP contribution in [-0.2, 0) is 21.2 Å². The van der Waals surface area contributed by atoms with Crippen LogP contribution in [0.5, 0.6) is 0 Å². The third-order valence-electron chi connectivity index (χ3n) is 5.15. The van der Waals surface area contributed by atoms with Crippen molar-refractivity contribution in [3.63, 3.8) is 0 Å². The summed E-state index contributed by atoms with van der Waals surface area (Å²) in [5.74, 6) is 0.405. The van der Waals surface area contributed by atoms with Crippen LogP contribution < -0.4 is 10.6 Å². The Bertz CT molecular complexity index is 739. The zero-order valence-electron chi connectivity index (χ0n) is 14.2. The van der Waals surface area contributed by atoms with Gasteiger partial charge in [0.05, 0.1) is 4.90 Å². The molecule has 1 atom stereocenters. The van der Waals surface area contributed by atoms with Gasteiger partial charge in [-0.25, -0.2) is 8.42 Å². The Balaban J connectivity index is 1.86. The van der Waals surface area contributed by atoms with E-state index in [-0.39, 0.29) is 11.9 Å². The molecule has 1 fully saturated rings. The van der Waals surface area contributed by atoms with Gasteiger partial charge in [-0.05, 0) is 62.4 Å². The van der Waals surface area contributed by atoms with E-state index in [1.165, 1.54) is 6.92 Å². The van der Waals surface area contributed by atoms with Crippen molar-refractivity contribution in [2.75, 3.05) is 24.5 Å². The van der Waals surface area contributed by atoms with Crippen molar-refractivity contribution in [1.29, 1.82) is 0 Å². The molecule has 0 spiro atoms. The summed E-state index contributed by atoms with van der Waals surface area (Å²) >= 11 is 0. The van der Waals surface area contributed by atoms with Crippen LogP contribution in [0.3, 0.4) is 0 Å². The number of hydrogen-bond donors (Lipinski definition) is 1. The first-order chi connectivity index (χ1) is 11.3. The van der Waals surface area contributed by atoms with Crippen molar-refractivity contribution < 1.29 is 13.2 Å². The molecule has 2 aliphatic heterocycles. The zero-order valence-corrected chi connectivity index (χ0v) is 15.1. The number of piperidine rings is 1. The van der Waals surface area contributed by atoms with Crippen LogP contribution in [0, 0.1) is 5.92 Å². The number of amides is 1. The van der Waals surface area contributed by atoms with Crippen LogP contribution in [0.15, 0.2) is 23.1 Å². The number of sulfonamides is 1. The highest BCUT2D eigenvalue weighted by atomic mass is 32.2. The maximum atomic E-state index is 12.9. The van der Waals surface area contributed by atoms with Gasteiger partial charge < -0.3 is 10.6 Å². The predicted molar refractivity (Wildman–Crippen MR) is 93.3 cm³/mol. The van der Waals surface area contributed by atoms with Crippen molar-refractivity contribution in [2.24, 2.45) is 11.7 Å². The summed E-state index contributed by atoms with van der Waals surface area (Å²) in [6.07, 6.45) is 2.32. The molecule has 0 bridgehead atoms. The Morgan fingerprint density at radius 1 is 1.29 bits per heavy atom. The van der Waals surface area contributed by atoms with Crippen LogP contribution in [-0.4, -0.2) is 44.3 Å². The summed E-state index contributed by atoms with van der Waals surface area (Å²) < 4.78 is 27.3. The van der Waals surface area contributed by atoms with E-state index in [0.717, 1.165) is 24.1 Å². The first-order valence-corrected chi connectivity index (χ1v) is 9.91. The number of fused-ring (bicyclic) bond motifs is 1. The van der Waals surface area contributed by atoms with E-state index in [2.05, 4.69) is 0 Å². The van der Waals surface area contributed by atoms with Crippen molar-refractivity contribution in [1.82, 2.24) is 4.31 Å². The highest BCUT2D eigenvalue weighted by Crippen LogP contribution is 2.35. The topological polar surface area (TPSA) is 83.7 Å². The van der Waals surface area contributed by atoms with E-state index < -0.39 is 10.0 Å².